The van der Waals surface area contributed by atoms with Gasteiger partial charge in [0, 0.05) is 0 Å². The van der Waals surface area contributed by atoms with E-state index in [1.54, 1.807) is 0 Å². The van der Waals surface area contributed by atoms with Gasteiger partial charge in [-0.15, -0.1) is 0 Å². The summed E-state index contributed by atoms with van der Waals surface area (Å²) in [7, 11) is 0. The number of carbonyl (C=O) groups is 1. The minimum absolute atomic E-state index is 0.441. The van der Waals surface area contributed by atoms with E-state index in [0.717, 1.165) is 19.1 Å². The second-order valence-corrected chi connectivity index (χ2v) is 2.80. The fourth-order valence-corrected chi connectivity index (χ4v) is 0.963. The maximum Gasteiger partial charge on any atom is 0.513 e. The summed E-state index contributed by atoms with van der Waals surface area (Å²) in [4.78, 5) is 10.6. The van der Waals surface area contributed by atoms with E-state index >= 15 is 0 Å². The lowest BCUT2D eigenvalue weighted by Gasteiger charge is -2.02. The summed E-state index contributed by atoms with van der Waals surface area (Å²) < 4.78 is 9.10. The number of hydrogen-bond acceptors (Lipinski definition) is 3. The highest BCUT2D eigenvalue weighted by atomic mass is 16.7. The summed E-state index contributed by atoms with van der Waals surface area (Å²) in [6.07, 6.45) is 6.10. The summed E-state index contributed by atoms with van der Waals surface area (Å²) in [5, 5.41) is 0. The standard InChI is InChI=1S/C10H18O3/c1-3-5-6-7-8-9-13-10(11)12-4-2/h4H,2-3,5-9H2,1H3. The van der Waals surface area contributed by atoms with Crippen LogP contribution in [0.25, 0.3) is 0 Å². The number of rotatable bonds is 7. The van der Waals surface area contributed by atoms with Crippen molar-refractivity contribution in [3.8, 4) is 0 Å². The Bertz CT molecular complexity index is 143. The van der Waals surface area contributed by atoms with Crippen molar-refractivity contribution in [1.29, 1.82) is 0 Å². The predicted octanol–water partition coefficient (Wildman–Crippen LogP) is 3.25. The molecule has 0 rings (SSSR count). The molecule has 0 aliphatic rings. The van der Waals surface area contributed by atoms with Gasteiger partial charge in [0.1, 0.15) is 0 Å². The van der Waals surface area contributed by atoms with Gasteiger partial charge in [-0.1, -0.05) is 39.2 Å². The zero-order chi connectivity index (χ0) is 9.94. The molecule has 0 aliphatic carbocycles. The zero-order valence-electron chi connectivity index (χ0n) is 8.25. The van der Waals surface area contributed by atoms with Gasteiger partial charge in [-0.2, -0.15) is 0 Å². The lowest BCUT2D eigenvalue weighted by atomic mass is 10.2. The second kappa shape index (κ2) is 9.10. The van der Waals surface area contributed by atoms with Gasteiger partial charge in [-0.3, -0.25) is 0 Å². The summed E-state index contributed by atoms with van der Waals surface area (Å²) in [6.45, 7) is 5.85. The SMILES string of the molecule is C=COC(=O)OCCCCCCC. The first-order valence-corrected chi connectivity index (χ1v) is 4.75. The maximum absolute atomic E-state index is 10.6. The molecule has 0 aromatic heterocycles. The van der Waals surface area contributed by atoms with Crippen LogP contribution in [0.1, 0.15) is 39.0 Å². The molecule has 0 saturated carbocycles. The number of unbranched alkanes of at least 4 members (excludes halogenated alkanes) is 4. The topological polar surface area (TPSA) is 35.5 Å². The lowest BCUT2D eigenvalue weighted by molar-refractivity contribution is 0.0834. The molecule has 3 nitrogen and oxygen atoms in total. The van der Waals surface area contributed by atoms with Gasteiger partial charge in [0.05, 0.1) is 12.9 Å². The van der Waals surface area contributed by atoms with Gasteiger partial charge in [0.15, 0.2) is 0 Å². The number of hydrogen-bond donors (Lipinski definition) is 0. The van der Waals surface area contributed by atoms with Crippen LogP contribution in [0.4, 0.5) is 4.79 Å². The lowest BCUT2D eigenvalue weighted by Crippen LogP contribution is -2.04. The highest BCUT2D eigenvalue weighted by Crippen LogP contribution is 2.02. The monoisotopic (exact) mass is 186 g/mol. The molecule has 0 bridgehead atoms. The van der Waals surface area contributed by atoms with Crippen molar-refractivity contribution in [1.82, 2.24) is 0 Å². The van der Waals surface area contributed by atoms with Gasteiger partial charge >= 0.3 is 6.16 Å². The molecular weight excluding hydrogens is 168 g/mol. The molecule has 76 valence electrons. The molecule has 0 spiro atoms. The predicted molar refractivity (Wildman–Crippen MR) is 51.4 cm³/mol. The largest absolute Gasteiger partial charge is 0.513 e. The highest BCUT2D eigenvalue weighted by Gasteiger charge is 1.99. The first kappa shape index (κ1) is 12.0. The van der Waals surface area contributed by atoms with E-state index in [2.05, 4.69) is 18.2 Å². The maximum atomic E-state index is 10.6. The summed E-state index contributed by atoms with van der Waals surface area (Å²) in [5.74, 6) is 0. The molecule has 0 atom stereocenters. The molecule has 0 fully saturated rings. The third kappa shape index (κ3) is 8.92. The Morgan fingerprint density at radius 3 is 2.62 bits per heavy atom. The van der Waals surface area contributed by atoms with Crippen LogP contribution in [0.2, 0.25) is 0 Å². The molecule has 0 N–H and O–H groups in total. The Morgan fingerprint density at radius 2 is 2.00 bits per heavy atom. The van der Waals surface area contributed by atoms with Gasteiger partial charge < -0.3 is 9.47 Å². The van der Waals surface area contributed by atoms with Crippen LogP contribution in [0.15, 0.2) is 12.8 Å². The molecule has 0 saturated heterocycles. The van der Waals surface area contributed by atoms with Crippen LogP contribution < -0.4 is 0 Å². The van der Waals surface area contributed by atoms with Crippen molar-refractivity contribution in [2.75, 3.05) is 6.61 Å². The molecular formula is C10H18O3. The third-order valence-corrected chi connectivity index (χ3v) is 1.65. The van der Waals surface area contributed by atoms with E-state index in [0.29, 0.717) is 6.61 Å². The first-order chi connectivity index (χ1) is 6.31. The average Bonchev–Trinajstić information content (AvgIpc) is 2.11. The summed E-state index contributed by atoms with van der Waals surface area (Å²) >= 11 is 0. The minimum atomic E-state index is -0.662. The highest BCUT2D eigenvalue weighted by molar-refractivity contribution is 5.60. The van der Waals surface area contributed by atoms with Crippen LogP contribution in [0.3, 0.4) is 0 Å². The van der Waals surface area contributed by atoms with E-state index in [1.807, 2.05) is 0 Å². The molecule has 0 radical (unpaired) electrons. The van der Waals surface area contributed by atoms with Crippen LogP contribution in [0.5, 0.6) is 0 Å². The average molecular weight is 186 g/mol. The third-order valence-electron chi connectivity index (χ3n) is 1.65. The van der Waals surface area contributed by atoms with Crippen molar-refractivity contribution >= 4 is 6.16 Å². The van der Waals surface area contributed by atoms with E-state index in [1.165, 1.54) is 19.3 Å². The molecule has 0 aliphatic heterocycles. The summed E-state index contributed by atoms with van der Waals surface area (Å²) in [6, 6.07) is 0. The van der Waals surface area contributed by atoms with E-state index < -0.39 is 6.16 Å². The van der Waals surface area contributed by atoms with Gasteiger partial charge in [-0.05, 0) is 6.42 Å². The van der Waals surface area contributed by atoms with E-state index in [-0.39, 0.29) is 0 Å². The van der Waals surface area contributed by atoms with Crippen LogP contribution in [-0.4, -0.2) is 12.8 Å². The molecule has 0 amide bonds. The van der Waals surface area contributed by atoms with Crippen molar-refractivity contribution in [3.63, 3.8) is 0 Å². The van der Waals surface area contributed by atoms with Gasteiger partial charge in [0.25, 0.3) is 0 Å². The molecule has 13 heavy (non-hydrogen) atoms. The Morgan fingerprint density at radius 1 is 1.31 bits per heavy atom. The molecule has 3 heteroatoms. The molecule has 0 heterocycles. The smallest absolute Gasteiger partial charge is 0.434 e. The normalized spacial score (nSPS) is 9.31. The van der Waals surface area contributed by atoms with Gasteiger partial charge in [0.2, 0.25) is 0 Å². The van der Waals surface area contributed by atoms with Crippen molar-refractivity contribution in [2.45, 2.75) is 39.0 Å². The summed E-state index contributed by atoms with van der Waals surface area (Å²) in [5.41, 5.74) is 0. The van der Waals surface area contributed by atoms with Gasteiger partial charge in [-0.25, -0.2) is 4.79 Å². The fraction of sp³-hybridized carbons (Fsp3) is 0.700. The Hall–Kier alpha value is -0.990. The number of ether oxygens (including phenoxy) is 2. The molecule has 0 unspecified atom stereocenters. The van der Waals surface area contributed by atoms with Crippen molar-refractivity contribution < 1.29 is 14.3 Å². The Balaban J connectivity index is 3.06. The zero-order valence-corrected chi connectivity index (χ0v) is 8.25. The quantitative estimate of drug-likeness (QED) is 0.348. The molecule has 0 aromatic carbocycles. The van der Waals surface area contributed by atoms with Crippen LogP contribution >= 0.6 is 0 Å². The van der Waals surface area contributed by atoms with Crippen LogP contribution in [-0.2, 0) is 9.47 Å². The van der Waals surface area contributed by atoms with Crippen molar-refractivity contribution in [2.24, 2.45) is 0 Å². The fourth-order valence-electron chi connectivity index (χ4n) is 0.963. The van der Waals surface area contributed by atoms with E-state index in [9.17, 15) is 4.79 Å². The molecule has 0 aromatic rings. The van der Waals surface area contributed by atoms with Crippen LogP contribution in [0, 0.1) is 0 Å². The Kier molecular flexibility index (Phi) is 8.41. The van der Waals surface area contributed by atoms with Crippen molar-refractivity contribution in [3.05, 3.63) is 12.8 Å². The van der Waals surface area contributed by atoms with E-state index in [4.69, 9.17) is 4.74 Å². The first-order valence-electron chi connectivity index (χ1n) is 4.75. The number of carbonyl (C=O) groups excluding carboxylic acids is 1. The minimum Gasteiger partial charge on any atom is -0.434 e. The second-order valence-electron chi connectivity index (χ2n) is 2.80. The Labute approximate surface area is 79.7 Å².